The number of piperazine rings is 1. The van der Waals surface area contributed by atoms with Gasteiger partial charge in [0.2, 0.25) is 0 Å². The molecule has 0 spiro atoms. The second-order valence-electron chi connectivity index (χ2n) is 5.77. The molecular formula is C17H18Cl2N4O. The Labute approximate surface area is 151 Å². The lowest BCUT2D eigenvalue weighted by Gasteiger charge is -2.33. The Kier molecular flexibility index (Phi) is 5.23. The fraction of sp³-hybridized carbons (Fsp3) is 0.294. The number of amides is 1. The number of benzene rings is 1. The Hall–Kier alpha value is -1.82. The van der Waals surface area contributed by atoms with E-state index in [4.69, 9.17) is 23.2 Å². The summed E-state index contributed by atoms with van der Waals surface area (Å²) in [5.41, 5.74) is 1.84. The van der Waals surface area contributed by atoms with Crippen molar-refractivity contribution in [3.63, 3.8) is 0 Å². The fourth-order valence-electron chi connectivity index (χ4n) is 2.55. The average molecular weight is 365 g/mol. The minimum atomic E-state index is -0.316. The summed E-state index contributed by atoms with van der Waals surface area (Å²) in [7, 11) is 2.12. The molecule has 2 heterocycles. The van der Waals surface area contributed by atoms with E-state index in [1.807, 2.05) is 6.07 Å². The summed E-state index contributed by atoms with van der Waals surface area (Å²) in [6.07, 6.45) is 1.74. The molecule has 1 aromatic heterocycles. The minimum absolute atomic E-state index is 0.316. The average Bonchev–Trinajstić information content (AvgIpc) is 2.59. The molecule has 0 atom stereocenters. The number of carbonyl (C=O) groups is 1. The molecular weight excluding hydrogens is 347 g/mol. The molecule has 1 aliphatic heterocycles. The summed E-state index contributed by atoms with van der Waals surface area (Å²) in [6, 6.07) is 8.57. The number of anilines is 2. The van der Waals surface area contributed by atoms with Crippen LogP contribution in [0.3, 0.4) is 0 Å². The zero-order valence-electron chi connectivity index (χ0n) is 13.3. The third-order valence-corrected chi connectivity index (χ3v) is 4.59. The smallest absolute Gasteiger partial charge is 0.274 e. The summed E-state index contributed by atoms with van der Waals surface area (Å²) in [5.74, 6) is -0.316. The Balaban J connectivity index is 1.68. The maximum atomic E-state index is 12.3. The van der Waals surface area contributed by atoms with Crippen LogP contribution in [0.15, 0.2) is 36.5 Å². The van der Waals surface area contributed by atoms with E-state index in [0.29, 0.717) is 21.4 Å². The highest BCUT2D eigenvalue weighted by Crippen LogP contribution is 2.26. The van der Waals surface area contributed by atoms with Crippen LogP contribution in [0.4, 0.5) is 11.4 Å². The van der Waals surface area contributed by atoms with Gasteiger partial charge in [0.05, 0.1) is 22.6 Å². The first-order valence-corrected chi connectivity index (χ1v) is 8.44. The van der Waals surface area contributed by atoms with Gasteiger partial charge in [-0.1, -0.05) is 23.2 Å². The second-order valence-corrected chi connectivity index (χ2v) is 6.61. The van der Waals surface area contributed by atoms with Gasteiger partial charge in [-0.2, -0.15) is 0 Å². The van der Waals surface area contributed by atoms with Gasteiger partial charge in [0.1, 0.15) is 5.69 Å². The number of nitrogens with zero attached hydrogens (tertiary/aromatic N) is 3. The van der Waals surface area contributed by atoms with Crippen molar-refractivity contribution in [3.05, 3.63) is 52.3 Å². The van der Waals surface area contributed by atoms with Gasteiger partial charge in [-0.05, 0) is 37.4 Å². The van der Waals surface area contributed by atoms with Crippen molar-refractivity contribution in [1.29, 1.82) is 0 Å². The molecule has 0 aliphatic carbocycles. The second kappa shape index (κ2) is 7.38. The first kappa shape index (κ1) is 17.0. The van der Waals surface area contributed by atoms with E-state index in [9.17, 15) is 4.79 Å². The third-order valence-electron chi connectivity index (χ3n) is 4.03. The molecule has 126 valence electrons. The van der Waals surface area contributed by atoms with E-state index in [2.05, 4.69) is 27.1 Å². The molecule has 1 N–H and O–H groups in total. The normalized spacial score (nSPS) is 15.4. The third kappa shape index (κ3) is 3.98. The SMILES string of the molecule is CN1CCN(c2ccc(C(=O)Nc3cc(Cl)ccc3Cl)nc2)CC1. The van der Waals surface area contributed by atoms with Gasteiger partial charge in [0.25, 0.3) is 5.91 Å². The number of hydrogen-bond donors (Lipinski definition) is 1. The molecule has 3 rings (SSSR count). The standard InChI is InChI=1S/C17H18Cl2N4O/c1-22-6-8-23(9-7-22)13-3-5-15(20-11-13)17(24)21-16-10-12(18)2-4-14(16)19/h2-5,10-11H,6-9H2,1H3,(H,21,24). The van der Waals surface area contributed by atoms with Gasteiger partial charge in [-0.25, -0.2) is 4.98 Å². The topological polar surface area (TPSA) is 48.5 Å². The van der Waals surface area contributed by atoms with Crippen LogP contribution < -0.4 is 10.2 Å². The van der Waals surface area contributed by atoms with E-state index >= 15 is 0 Å². The Morgan fingerprint density at radius 2 is 1.88 bits per heavy atom. The van der Waals surface area contributed by atoms with Crippen molar-refractivity contribution in [2.45, 2.75) is 0 Å². The number of likely N-dealkylation sites (N-methyl/N-ethyl adjacent to an activating group) is 1. The number of rotatable bonds is 3. The summed E-state index contributed by atoms with van der Waals surface area (Å²) < 4.78 is 0. The van der Waals surface area contributed by atoms with Crippen LogP contribution in [-0.4, -0.2) is 49.0 Å². The van der Waals surface area contributed by atoms with Crippen molar-refractivity contribution in [1.82, 2.24) is 9.88 Å². The van der Waals surface area contributed by atoms with E-state index in [-0.39, 0.29) is 5.91 Å². The minimum Gasteiger partial charge on any atom is -0.368 e. The van der Waals surface area contributed by atoms with E-state index in [1.54, 1.807) is 30.5 Å². The van der Waals surface area contributed by atoms with Crippen LogP contribution in [0, 0.1) is 0 Å². The van der Waals surface area contributed by atoms with Crippen LogP contribution in [0.2, 0.25) is 10.0 Å². The van der Waals surface area contributed by atoms with Crippen molar-refractivity contribution >= 4 is 40.5 Å². The van der Waals surface area contributed by atoms with E-state index in [1.165, 1.54) is 0 Å². The summed E-state index contributed by atoms with van der Waals surface area (Å²) >= 11 is 12.0. The molecule has 1 fully saturated rings. The van der Waals surface area contributed by atoms with Crippen LogP contribution in [0.1, 0.15) is 10.5 Å². The molecule has 0 radical (unpaired) electrons. The number of carbonyl (C=O) groups excluding carboxylic acids is 1. The van der Waals surface area contributed by atoms with Gasteiger partial charge in [0, 0.05) is 31.2 Å². The maximum absolute atomic E-state index is 12.3. The van der Waals surface area contributed by atoms with Gasteiger partial charge < -0.3 is 15.1 Å². The van der Waals surface area contributed by atoms with Crippen LogP contribution in [-0.2, 0) is 0 Å². The fourth-order valence-corrected chi connectivity index (χ4v) is 2.89. The quantitative estimate of drug-likeness (QED) is 0.906. The van der Waals surface area contributed by atoms with Crippen molar-refractivity contribution in [2.75, 3.05) is 43.4 Å². The summed E-state index contributed by atoms with van der Waals surface area (Å²) in [6.45, 7) is 3.97. The monoisotopic (exact) mass is 364 g/mol. The molecule has 2 aromatic rings. The van der Waals surface area contributed by atoms with E-state index < -0.39 is 0 Å². The number of pyridine rings is 1. The predicted octanol–water partition coefficient (Wildman–Crippen LogP) is 3.39. The lowest BCUT2D eigenvalue weighted by molar-refractivity contribution is 0.102. The molecule has 24 heavy (non-hydrogen) atoms. The van der Waals surface area contributed by atoms with Crippen molar-refractivity contribution < 1.29 is 4.79 Å². The molecule has 0 unspecified atom stereocenters. The molecule has 0 saturated carbocycles. The van der Waals surface area contributed by atoms with Crippen molar-refractivity contribution in [2.24, 2.45) is 0 Å². The van der Waals surface area contributed by atoms with Crippen molar-refractivity contribution in [3.8, 4) is 0 Å². The van der Waals surface area contributed by atoms with E-state index in [0.717, 1.165) is 31.9 Å². The Bertz CT molecular complexity index is 728. The highest BCUT2D eigenvalue weighted by Gasteiger charge is 2.16. The number of aromatic nitrogens is 1. The lowest BCUT2D eigenvalue weighted by atomic mass is 10.2. The molecule has 5 nitrogen and oxygen atoms in total. The maximum Gasteiger partial charge on any atom is 0.274 e. The zero-order valence-corrected chi connectivity index (χ0v) is 14.8. The van der Waals surface area contributed by atoms with Gasteiger partial charge in [-0.15, -0.1) is 0 Å². The molecule has 7 heteroatoms. The van der Waals surface area contributed by atoms with Crippen LogP contribution >= 0.6 is 23.2 Å². The first-order chi connectivity index (χ1) is 11.5. The first-order valence-electron chi connectivity index (χ1n) is 7.69. The Morgan fingerprint density at radius 1 is 1.12 bits per heavy atom. The number of nitrogens with one attached hydrogen (secondary N) is 1. The van der Waals surface area contributed by atoms with Gasteiger partial charge >= 0.3 is 0 Å². The van der Waals surface area contributed by atoms with Crippen LogP contribution in [0.5, 0.6) is 0 Å². The summed E-state index contributed by atoms with van der Waals surface area (Å²) in [5, 5.41) is 3.67. The zero-order chi connectivity index (χ0) is 17.1. The molecule has 1 aromatic carbocycles. The van der Waals surface area contributed by atoms with Gasteiger partial charge in [-0.3, -0.25) is 4.79 Å². The predicted molar refractivity (Wildman–Crippen MR) is 98.4 cm³/mol. The summed E-state index contributed by atoms with van der Waals surface area (Å²) in [4.78, 5) is 21.1. The lowest BCUT2D eigenvalue weighted by Crippen LogP contribution is -2.44. The van der Waals surface area contributed by atoms with Crippen LogP contribution in [0.25, 0.3) is 0 Å². The highest BCUT2D eigenvalue weighted by atomic mass is 35.5. The molecule has 1 amide bonds. The highest BCUT2D eigenvalue weighted by molar-refractivity contribution is 6.35. The Morgan fingerprint density at radius 3 is 2.54 bits per heavy atom. The molecule has 1 saturated heterocycles. The molecule has 1 aliphatic rings. The number of hydrogen-bond acceptors (Lipinski definition) is 4. The molecule has 0 bridgehead atoms. The number of halogens is 2. The largest absolute Gasteiger partial charge is 0.368 e. The van der Waals surface area contributed by atoms with Gasteiger partial charge in [0.15, 0.2) is 0 Å².